The molecule has 110 valence electrons. The van der Waals surface area contributed by atoms with Gasteiger partial charge in [-0.05, 0) is 33.1 Å². The first-order valence-corrected chi connectivity index (χ1v) is 8.13. The first-order valence-electron chi connectivity index (χ1n) is 6.81. The van der Waals surface area contributed by atoms with Crippen LogP contribution in [-0.2, 0) is 4.74 Å². The molecule has 1 aromatic heterocycles. The zero-order chi connectivity index (χ0) is 14.4. The standard InChI is InChI=1S/C14H19ClN2O2S/c1-13(2)7-14(8-19-13)3-9(4-14)16-12(18)17-11-6-20-5-10(11)15/h5-6,9H,3-4,7-8H2,1-2H3,(H2,16,17,18). The van der Waals surface area contributed by atoms with Gasteiger partial charge in [0.2, 0.25) is 0 Å². The molecule has 2 aliphatic rings. The van der Waals surface area contributed by atoms with E-state index >= 15 is 0 Å². The molecule has 1 aliphatic carbocycles. The Morgan fingerprint density at radius 1 is 1.45 bits per heavy atom. The van der Waals surface area contributed by atoms with Crippen LogP contribution in [0.25, 0.3) is 0 Å². The number of anilines is 1. The molecule has 3 rings (SSSR count). The van der Waals surface area contributed by atoms with Gasteiger partial charge in [0.05, 0.1) is 22.9 Å². The molecule has 6 heteroatoms. The van der Waals surface area contributed by atoms with E-state index in [2.05, 4.69) is 24.5 Å². The lowest BCUT2D eigenvalue weighted by Gasteiger charge is -2.44. The highest BCUT2D eigenvalue weighted by molar-refractivity contribution is 7.09. The summed E-state index contributed by atoms with van der Waals surface area (Å²) in [4.78, 5) is 11.9. The molecule has 1 spiro atoms. The summed E-state index contributed by atoms with van der Waals surface area (Å²) in [6.45, 7) is 5.08. The van der Waals surface area contributed by atoms with Gasteiger partial charge < -0.3 is 15.4 Å². The minimum absolute atomic E-state index is 0.0164. The maximum atomic E-state index is 11.9. The van der Waals surface area contributed by atoms with Crippen LogP contribution in [0.2, 0.25) is 5.02 Å². The maximum Gasteiger partial charge on any atom is 0.319 e. The monoisotopic (exact) mass is 314 g/mol. The van der Waals surface area contributed by atoms with Gasteiger partial charge >= 0.3 is 6.03 Å². The van der Waals surface area contributed by atoms with Crippen LogP contribution in [0.5, 0.6) is 0 Å². The van der Waals surface area contributed by atoms with Crippen LogP contribution >= 0.6 is 22.9 Å². The van der Waals surface area contributed by atoms with Crippen molar-refractivity contribution in [2.45, 2.75) is 44.8 Å². The first kappa shape index (κ1) is 14.2. The molecule has 20 heavy (non-hydrogen) atoms. The second kappa shape index (κ2) is 4.90. The van der Waals surface area contributed by atoms with Gasteiger partial charge in [-0.15, -0.1) is 11.3 Å². The summed E-state index contributed by atoms with van der Waals surface area (Å²) in [5.41, 5.74) is 0.937. The second-order valence-corrected chi connectivity index (χ2v) is 7.71. The normalized spacial score (nSPS) is 31.1. The molecular formula is C14H19ClN2O2S. The molecule has 2 N–H and O–H groups in total. The van der Waals surface area contributed by atoms with Crippen LogP contribution in [0.15, 0.2) is 10.8 Å². The number of hydrogen-bond donors (Lipinski definition) is 2. The van der Waals surface area contributed by atoms with E-state index in [1.807, 2.05) is 5.38 Å². The van der Waals surface area contributed by atoms with Crippen LogP contribution in [0.3, 0.4) is 0 Å². The SMILES string of the molecule is CC1(C)CC2(CO1)CC(NC(=O)Nc1cscc1Cl)C2. The van der Waals surface area contributed by atoms with E-state index in [0.717, 1.165) is 25.9 Å². The summed E-state index contributed by atoms with van der Waals surface area (Å²) in [6, 6.07) is 0.0632. The van der Waals surface area contributed by atoms with Gasteiger partial charge in [0.1, 0.15) is 0 Å². The van der Waals surface area contributed by atoms with Gasteiger partial charge in [-0.3, -0.25) is 0 Å². The van der Waals surface area contributed by atoms with Crippen LogP contribution < -0.4 is 10.6 Å². The highest BCUT2D eigenvalue weighted by atomic mass is 35.5. The van der Waals surface area contributed by atoms with Gasteiger partial charge in [-0.1, -0.05) is 11.6 Å². The third-order valence-corrected chi connectivity index (χ3v) is 5.31. The summed E-state index contributed by atoms with van der Waals surface area (Å²) < 4.78 is 5.81. The van der Waals surface area contributed by atoms with Crippen LogP contribution in [0.4, 0.5) is 10.5 Å². The predicted octanol–water partition coefficient (Wildman–Crippen LogP) is 3.87. The summed E-state index contributed by atoms with van der Waals surface area (Å²) in [6.07, 6.45) is 3.08. The molecule has 2 amide bonds. The topological polar surface area (TPSA) is 50.4 Å². The van der Waals surface area contributed by atoms with Crippen molar-refractivity contribution in [3.8, 4) is 0 Å². The van der Waals surface area contributed by atoms with Crippen molar-refractivity contribution in [3.63, 3.8) is 0 Å². The fourth-order valence-corrected chi connectivity index (χ4v) is 4.38. The Morgan fingerprint density at radius 2 is 2.20 bits per heavy atom. The quantitative estimate of drug-likeness (QED) is 0.870. The van der Waals surface area contributed by atoms with Crippen molar-refractivity contribution in [3.05, 3.63) is 15.8 Å². The van der Waals surface area contributed by atoms with E-state index < -0.39 is 0 Å². The Bertz CT molecular complexity index is 523. The fraction of sp³-hybridized carbons (Fsp3) is 0.643. The van der Waals surface area contributed by atoms with Gasteiger partial charge in [-0.2, -0.15) is 0 Å². The highest BCUT2D eigenvalue weighted by Crippen LogP contribution is 2.52. The van der Waals surface area contributed by atoms with Crippen LogP contribution in [0, 0.1) is 5.41 Å². The van der Waals surface area contributed by atoms with Crippen LogP contribution in [-0.4, -0.2) is 24.3 Å². The molecular weight excluding hydrogens is 296 g/mol. The smallest absolute Gasteiger partial charge is 0.319 e. The average Bonchev–Trinajstić information content (AvgIpc) is 2.83. The zero-order valence-corrected chi connectivity index (χ0v) is 13.2. The first-order chi connectivity index (χ1) is 9.38. The summed E-state index contributed by atoms with van der Waals surface area (Å²) in [7, 11) is 0. The van der Waals surface area contributed by atoms with Crippen molar-refractivity contribution in [2.75, 3.05) is 11.9 Å². The Kier molecular flexibility index (Phi) is 3.47. The Hall–Kier alpha value is -0.780. The molecule has 0 atom stereocenters. The Morgan fingerprint density at radius 3 is 2.75 bits per heavy atom. The van der Waals surface area contributed by atoms with Gasteiger partial charge in [0.15, 0.2) is 0 Å². The Balaban J connectivity index is 1.47. The summed E-state index contributed by atoms with van der Waals surface area (Å²) in [5.74, 6) is 0. The molecule has 1 aliphatic heterocycles. The van der Waals surface area contributed by atoms with Crippen molar-refractivity contribution in [1.29, 1.82) is 0 Å². The number of carbonyl (C=O) groups excluding carboxylic acids is 1. The van der Waals surface area contributed by atoms with E-state index in [1.165, 1.54) is 11.3 Å². The van der Waals surface area contributed by atoms with Crippen molar-refractivity contribution >= 4 is 34.7 Å². The molecule has 0 bridgehead atoms. The van der Waals surface area contributed by atoms with Gasteiger partial charge in [0.25, 0.3) is 0 Å². The lowest BCUT2D eigenvalue weighted by atomic mass is 9.63. The number of amides is 2. The zero-order valence-electron chi connectivity index (χ0n) is 11.7. The number of rotatable bonds is 2. The number of urea groups is 1. The van der Waals surface area contributed by atoms with Crippen LogP contribution in [0.1, 0.15) is 33.1 Å². The number of nitrogens with one attached hydrogen (secondary N) is 2. The van der Waals surface area contributed by atoms with E-state index in [1.54, 1.807) is 5.38 Å². The number of thiophene rings is 1. The predicted molar refractivity (Wildman–Crippen MR) is 81.6 cm³/mol. The molecule has 0 aromatic carbocycles. The molecule has 4 nitrogen and oxygen atoms in total. The molecule has 0 radical (unpaired) electrons. The number of carbonyl (C=O) groups is 1. The van der Waals surface area contributed by atoms with Gasteiger partial charge in [0, 0.05) is 22.2 Å². The Labute approximate surface area is 127 Å². The van der Waals surface area contributed by atoms with E-state index in [-0.39, 0.29) is 23.1 Å². The van der Waals surface area contributed by atoms with E-state index in [9.17, 15) is 4.79 Å². The molecule has 1 saturated carbocycles. The average molecular weight is 315 g/mol. The minimum Gasteiger partial charge on any atom is -0.375 e. The number of hydrogen-bond acceptors (Lipinski definition) is 3. The second-order valence-electron chi connectivity index (χ2n) is 6.56. The van der Waals surface area contributed by atoms with E-state index in [4.69, 9.17) is 16.3 Å². The molecule has 1 aromatic rings. The van der Waals surface area contributed by atoms with Crippen molar-refractivity contribution in [1.82, 2.24) is 5.32 Å². The largest absolute Gasteiger partial charge is 0.375 e. The molecule has 0 unspecified atom stereocenters. The molecule has 1 saturated heterocycles. The van der Waals surface area contributed by atoms with Crippen molar-refractivity contribution in [2.24, 2.45) is 5.41 Å². The summed E-state index contributed by atoms with van der Waals surface area (Å²) in [5, 5.41) is 10.00. The number of ether oxygens (including phenoxy) is 1. The third kappa shape index (κ3) is 2.80. The minimum atomic E-state index is -0.177. The molecule has 2 fully saturated rings. The van der Waals surface area contributed by atoms with E-state index in [0.29, 0.717) is 10.7 Å². The maximum absolute atomic E-state index is 11.9. The van der Waals surface area contributed by atoms with Crippen molar-refractivity contribution < 1.29 is 9.53 Å². The fourth-order valence-electron chi connectivity index (χ4n) is 3.42. The highest BCUT2D eigenvalue weighted by Gasteiger charge is 2.52. The third-order valence-electron chi connectivity index (χ3n) is 4.13. The summed E-state index contributed by atoms with van der Waals surface area (Å²) >= 11 is 7.42. The lowest BCUT2D eigenvalue weighted by molar-refractivity contribution is 0.0190. The number of halogens is 1. The van der Waals surface area contributed by atoms with Gasteiger partial charge in [-0.25, -0.2) is 4.79 Å². The molecule has 2 heterocycles. The lowest BCUT2D eigenvalue weighted by Crippen LogP contribution is -2.52.